The highest BCUT2D eigenvalue weighted by molar-refractivity contribution is 5.74. The van der Waals surface area contributed by atoms with Crippen LogP contribution in [0.25, 0.3) is 11.0 Å². The Morgan fingerprint density at radius 1 is 0.844 bits per heavy atom. The minimum atomic E-state index is -0.484. The maximum absolute atomic E-state index is 13.0. The van der Waals surface area contributed by atoms with Gasteiger partial charge in [0, 0.05) is 24.2 Å². The summed E-state index contributed by atoms with van der Waals surface area (Å²) in [5.41, 5.74) is 0.797. The summed E-state index contributed by atoms with van der Waals surface area (Å²) in [6.07, 6.45) is 14.3. The van der Waals surface area contributed by atoms with Crippen molar-refractivity contribution in [3.05, 3.63) is 45.0 Å². The summed E-state index contributed by atoms with van der Waals surface area (Å²) in [6.45, 7) is 2.46. The highest BCUT2D eigenvalue weighted by Crippen LogP contribution is 2.48. The molecule has 1 unspecified atom stereocenters. The fourth-order valence-corrected chi connectivity index (χ4v) is 8.08. The third-order valence-corrected chi connectivity index (χ3v) is 9.41. The molecule has 7 rings (SSSR count). The number of H-pyrrole nitrogens is 1. The van der Waals surface area contributed by atoms with Crippen LogP contribution >= 0.6 is 0 Å². The zero-order valence-corrected chi connectivity index (χ0v) is 19.3. The average Bonchev–Trinajstić information content (AvgIpc) is 2.76. The highest BCUT2D eigenvalue weighted by atomic mass is 16.2. The summed E-state index contributed by atoms with van der Waals surface area (Å²) in [5.74, 6) is 2.66. The molecule has 1 N–H and O–H groups in total. The Hall–Kier alpha value is -1.88. The van der Waals surface area contributed by atoms with E-state index in [1.807, 2.05) is 28.8 Å². The molecule has 5 nitrogen and oxygen atoms in total. The second kappa shape index (κ2) is 8.16. The van der Waals surface area contributed by atoms with Gasteiger partial charge in [-0.3, -0.25) is 19.1 Å². The lowest BCUT2D eigenvalue weighted by atomic mass is 9.67. The second-order valence-corrected chi connectivity index (χ2v) is 11.4. The first-order valence-electron chi connectivity index (χ1n) is 13.1. The van der Waals surface area contributed by atoms with E-state index in [0.717, 1.165) is 47.7 Å². The molecule has 5 heteroatoms. The van der Waals surface area contributed by atoms with Crippen LogP contribution in [0, 0.1) is 17.8 Å². The number of hydrogen-bond donors (Lipinski definition) is 1. The Balaban J connectivity index is 1.33. The first-order valence-corrected chi connectivity index (χ1v) is 13.1. The number of fused-ring (bicyclic) bond motifs is 9. The fourth-order valence-electron chi connectivity index (χ4n) is 8.08. The maximum atomic E-state index is 13.0. The SMILES string of the molecule is C[C@@H]1CCC2CC[C@H](C1)C[C@H]2N1[C@@H]2CCC[C@H]1C[C@@H](n1c(=O)c(=O)[nH]c3ccccc31)C2. The van der Waals surface area contributed by atoms with E-state index in [2.05, 4.69) is 16.8 Å². The monoisotopic (exact) mass is 435 g/mol. The zero-order chi connectivity index (χ0) is 21.8. The lowest BCUT2D eigenvalue weighted by Gasteiger charge is -2.56. The number of hydrogen-bond acceptors (Lipinski definition) is 3. The summed E-state index contributed by atoms with van der Waals surface area (Å²) in [6, 6.07) is 9.78. The van der Waals surface area contributed by atoms with Crippen LogP contribution < -0.4 is 11.1 Å². The van der Waals surface area contributed by atoms with Gasteiger partial charge in [0.05, 0.1) is 11.0 Å². The van der Waals surface area contributed by atoms with E-state index in [0.29, 0.717) is 12.1 Å². The van der Waals surface area contributed by atoms with Crippen LogP contribution in [0.4, 0.5) is 0 Å². The van der Waals surface area contributed by atoms with Gasteiger partial charge in [0.25, 0.3) is 0 Å². The maximum Gasteiger partial charge on any atom is 0.316 e. The second-order valence-electron chi connectivity index (χ2n) is 11.4. The molecule has 3 heterocycles. The Labute approximate surface area is 190 Å². The fraction of sp³-hybridized carbons (Fsp3) is 0.704. The minimum absolute atomic E-state index is 0.131. The molecule has 172 valence electrons. The summed E-state index contributed by atoms with van der Waals surface area (Å²) in [7, 11) is 0. The van der Waals surface area contributed by atoms with Crippen molar-refractivity contribution in [3.8, 4) is 0 Å². The predicted molar refractivity (Wildman–Crippen MR) is 128 cm³/mol. The van der Waals surface area contributed by atoms with Crippen LogP contribution in [0.15, 0.2) is 33.9 Å². The Kier molecular flexibility index (Phi) is 5.28. The van der Waals surface area contributed by atoms with Crippen LogP contribution in [-0.4, -0.2) is 32.6 Å². The van der Waals surface area contributed by atoms with Crippen LogP contribution in [-0.2, 0) is 0 Å². The molecule has 0 spiro atoms. The van der Waals surface area contributed by atoms with Crippen LogP contribution in [0.3, 0.4) is 0 Å². The molecule has 32 heavy (non-hydrogen) atoms. The summed E-state index contributed by atoms with van der Waals surface area (Å²) in [4.78, 5) is 31.2. The van der Waals surface area contributed by atoms with Crippen molar-refractivity contribution in [3.63, 3.8) is 0 Å². The molecule has 5 aliphatic rings. The average molecular weight is 436 g/mol. The Bertz CT molecular complexity index is 1090. The lowest BCUT2D eigenvalue weighted by molar-refractivity contribution is -0.0628. The quantitative estimate of drug-likeness (QED) is 0.686. The molecule has 0 amide bonds. The van der Waals surface area contributed by atoms with Gasteiger partial charge < -0.3 is 4.98 Å². The van der Waals surface area contributed by atoms with Crippen molar-refractivity contribution in [2.45, 2.75) is 102 Å². The van der Waals surface area contributed by atoms with E-state index in [-0.39, 0.29) is 11.6 Å². The molecule has 3 aliphatic carbocycles. The van der Waals surface area contributed by atoms with E-state index in [1.165, 1.54) is 57.8 Å². The number of para-hydroxylation sites is 2. The van der Waals surface area contributed by atoms with Crippen LogP contribution in [0.1, 0.15) is 83.6 Å². The van der Waals surface area contributed by atoms with Gasteiger partial charge in [-0.1, -0.05) is 38.3 Å². The number of aromatic amines is 1. The molecule has 2 saturated heterocycles. The number of nitrogens with one attached hydrogen (secondary N) is 1. The van der Waals surface area contributed by atoms with Crippen molar-refractivity contribution >= 4 is 11.0 Å². The molecule has 3 saturated carbocycles. The van der Waals surface area contributed by atoms with E-state index in [4.69, 9.17) is 0 Å². The third-order valence-electron chi connectivity index (χ3n) is 9.41. The van der Waals surface area contributed by atoms with Gasteiger partial charge in [-0.25, -0.2) is 0 Å². The van der Waals surface area contributed by atoms with E-state index < -0.39 is 5.56 Å². The lowest BCUT2D eigenvalue weighted by Crippen LogP contribution is -2.60. The van der Waals surface area contributed by atoms with Gasteiger partial charge in [-0.05, 0) is 81.3 Å². The van der Waals surface area contributed by atoms with Gasteiger partial charge in [-0.15, -0.1) is 0 Å². The van der Waals surface area contributed by atoms with Crippen molar-refractivity contribution in [2.75, 3.05) is 0 Å². The number of rotatable bonds is 2. The number of benzene rings is 1. The van der Waals surface area contributed by atoms with Crippen LogP contribution in [0.2, 0.25) is 0 Å². The van der Waals surface area contributed by atoms with Crippen LogP contribution in [0.5, 0.6) is 0 Å². The Morgan fingerprint density at radius 2 is 1.59 bits per heavy atom. The normalized spacial score (nSPS) is 37.8. The van der Waals surface area contributed by atoms with E-state index in [9.17, 15) is 9.59 Å². The smallest absolute Gasteiger partial charge is 0.316 e. The summed E-state index contributed by atoms with van der Waals surface area (Å²) >= 11 is 0. The number of aromatic nitrogens is 2. The molecule has 2 aliphatic heterocycles. The van der Waals surface area contributed by atoms with Crippen molar-refractivity contribution in [2.24, 2.45) is 17.8 Å². The first kappa shape index (κ1) is 20.7. The molecular formula is C27H37N3O2. The number of nitrogens with zero attached hydrogens (tertiary/aromatic N) is 2. The largest absolute Gasteiger partial charge is 0.316 e. The molecular weight excluding hydrogens is 398 g/mol. The summed E-state index contributed by atoms with van der Waals surface area (Å²) < 4.78 is 1.85. The molecule has 0 radical (unpaired) electrons. The van der Waals surface area contributed by atoms with Gasteiger partial charge in [0.1, 0.15) is 0 Å². The first-order chi connectivity index (χ1) is 15.6. The molecule has 5 fully saturated rings. The predicted octanol–water partition coefficient (Wildman–Crippen LogP) is 4.85. The van der Waals surface area contributed by atoms with Gasteiger partial charge in [-0.2, -0.15) is 0 Å². The standard InChI is InChI=1S/C27H37N3O2/c1-17-9-11-19-12-10-18(13-17)14-25(19)29-20-5-4-6-21(29)16-22(15-20)30-24-8-3-2-7-23(24)28-26(31)27(30)32/h2-3,7-8,17-22,25H,4-6,9-16H2,1H3,(H,28,31)/t17-,18-,19?,20-,21+,22+,25-/m1/s1. The minimum Gasteiger partial charge on any atom is -0.316 e. The van der Waals surface area contributed by atoms with E-state index in [1.54, 1.807) is 0 Å². The van der Waals surface area contributed by atoms with Crippen molar-refractivity contribution in [1.82, 2.24) is 14.5 Å². The highest BCUT2D eigenvalue weighted by Gasteiger charge is 2.46. The molecule has 4 bridgehead atoms. The third kappa shape index (κ3) is 3.48. The molecule has 1 aromatic heterocycles. The Morgan fingerprint density at radius 3 is 2.41 bits per heavy atom. The number of piperidine rings is 2. The topological polar surface area (TPSA) is 58.1 Å². The molecule has 1 aromatic carbocycles. The molecule has 7 atom stereocenters. The van der Waals surface area contributed by atoms with E-state index >= 15 is 0 Å². The summed E-state index contributed by atoms with van der Waals surface area (Å²) in [5, 5.41) is 0. The molecule has 2 aromatic rings. The van der Waals surface area contributed by atoms with Gasteiger partial charge >= 0.3 is 11.1 Å². The zero-order valence-electron chi connectivity index (χ0n) is 19.3. The van der Waals surface area contributed by atoms with Crippen molar-refractivity contribution in [1.29, 1.82) is 0 Å². The van der Waals surface area contributed by atoms with Gasteiger partial charge in [0.15, 0.2) is 0 Å². The van der Waals surface area contributed by atoms with Gasteiger partial charge in [0.2, 0.25) is 0 Å². The van der Waals surface area contributed by atoms with Crippen molar-refractivity contribution < 1.29 is 0 Å².